The van der Waals surface area contributed by atoms with Crippen LogP contribution >= 0.6 is 11.8 Å². The topological polar surface area (TPSA) is 76.0 Å². The Kier molecular flexibility index (Phi) is 8.18. The van der Waals surface area contributed by atoms with Gasteiger partial charge in [-0.15, -0.1) is 11.8 Å². The number of hydrogen-bond acceptors (Lipinski definition) is 4. The molecule has 0 radical (unpaired) electrons. The first-order chi connectivity index (χ1) is 14.8. The summed E-state index contributed by atoms with van der Waals surface area (Å²) in [6.07, 6.45) is 11.8. The lowest BCUT2D eigenvalue weighted by Gasteiger charge is -2.21. The van der Waals surface area contributed by atoms with Crippen molar-refractivity contribution in [3.63, 3.8) is 0 Å². The van der Waals surface area contributed by atoms with Gasteiger partial charge in [-0.1, -0.05) is 44.2 Å². The molecule has 1 heterocycles. The summed E-state index contributed by atoms with van der Waals surface area (Å²) >= 11 is 1.41. The number of nitrogens with one attached hydrogen (secondary N) is 2. The van der Waals surface area contributed by atoms with E-state index in [4.69, 9.17) is 0 Å². The summed E-state index contributed by atoms with van der Waals surface area (Å²) in [5, 5.41) is 10.4. The number of thioether (sulfide) groups is 1. The predicted octanol–water partition coefficient (Wildman–Crippen LogP) is 5.21. The van der Waals surface area contributed by atoms with Crippen LogP contribution in [-0.4, -0.2) is 33.4 Å². The lowest BCUT2D eigenvalue weighted by atomic mass is 9.97. The van der Waals surface area contributed by atoms with Gasteiger partial charge in [0.1, 0.15) is 0 Å². The molecule has 1 aliphatic rings. The van der Waals surface area contributed by atoms with E-state index < -0.39 is 0 Å². The molecule has 2 N–H and O–H groups in total. The SMILES string of the molecule is CC(C)(C)n1cc(NC(=O)c2ccccc2SCC(=O)NC2CCCCCCC2)cn1. The fourth-order valence-corrected chi connectivity index (χ4v) is 4.61. The summed E-state index contributed by atoms with van der Waals surface area (Å²) in [6, 6.07) is 7.70. The Morgan fingerprint density at radius 3 is 2.45 bits per heavy atom. The van der Waals surface area contributed by atoms with Crippen molar-refractivity contribution in [2.45, 2.75) is 82.2 Å². The Morgan fingerprint density at radius 1 is 1.10 bits per heavy atom. The predicted molar refractivity (Wildman–Crippen MR) is 127 cm³/mol. The highest BCUT2D eigenvalue weighted by Gasteiger charge is 2.18. The Bertz CT molecular complexity index is 880. The number of carbonyl (C=O) groups excluding carboxylic acids is 2. The number of hydrogen-bond donors (Lipinski definition) is 2. The lowest BCUT2D eigenvalue weighted by molar-refractivity contribution is -0.119. The third-order valence-electron chi connectivity index (χ3n) is 5.49. The highest BCUT2D eigenvalue weighted by Crippen LogP contribution is 2.24. The maximum Gasteiger partial charge on any atom is 0.256 e. The molecule has 0 unspecified atom stereocenters. The van der Waals surface area contributed by atoms with E-state index in [0.717, 1.165) is 17.7 Å². The first-order valence-corrected chi connectivity index (χ1v) is 12.2. The van der Waals surface area contributed by atoms with Gasteiger partial charge in [-0.25, -0.2) is 0 Å². The van der Waals surface area contributed by atoms with E-state index in [0.29, 0.717) is 17.0 Å². The molecule has 1 aliphatic carbocycles. The molecule has 1 fully saturated rings. The minimum atomic E-state index is -0.197. The maximum atomic E-state index is 12.9. The second-order valence-corrected chi connectivity index (χ2v) is 10.2. The molecule has 2 aromatic rings. The minimum absolute atomic E-state index is 0.0391. The van der Waals surface area contributed by atoms with Crippen molar-refractivity contribution in [2.75, 3.05) is 11.1 Å². The highest BCUT2D eigenvalue weighted by atomic mass is 32.2. The molecule has 7 heteroatoms. The molecular formula is C24H34N4O2S. The monoisotopic (exact) mass is 442 g/mol. The Labute approximate surface area is 189 Å². The van der Waals surface area contributed by atoms with Gasteiger partial charge in [-0.05, 0) is 45.7 Å². The second kappa shape index (κ2) is 10.8. The van der Waals surface area contributed by atoms with Crippen LogP contribution in [0.1, 0.15) is 76.1 Å². The third-order valence-corrected chi connectivity index (χ3v) is 6.56. The van der Waals surface area contributed by atoms with Crippen LogP contribution in [0.25, 0.3) is 0 Å². The number of benzene rings is 1. The smallest absolute Gasteiger partial charge is 0.256 e. The highest BCUT2D eigenvalue weighted by molar-refractivity contribution is 8.00. The molecule has 6 nitrogen and oxygen atoms in total. The summed E-state index contributed by atoms with van der Waals surface area (Å²) in [7, 11) is 0. The minimum Gasteiger partial charge on any atom is -0.353 e. The molecule has 168 valence electrons. The van der Waals surface area contributed by atoms with Crippen molar-refractivity contribution in [3.05, 3.63) is 42.2 Å². The standard InChI is InChI=1S/C24H34N4O2S/c1-24(2,3)28-16-19(15-25-28)27-23(30)20-13-9-10-14-21(20)31-17-22(29)26-18-11-7-5-4-6-8-12-18/h9-10,13-16,18H,4-8,11-12,17H2,1-3H3,(H,26,29)(H,27,30). The van der Waals surface area contributed by atoms with Crippen LogP contribution in [0.3, 0.4) is 0 Å². The molecule has 0 bridgehead atoms. The first kappa shape index (κ1) is 23.4. The third kappa shape index (κ3) is 7.13. The number of carbonyl (C=O) groups is 2. The zero-order valence-corrected chi connectivity index (χ0v) is 19.6. The zero-order valence-electron chi connectivity index (χ0n) is 18.8. The van der Waals surface area contributed by atoms with Gasteiger partial charge in [-0.3, -0.25) is 14.3 Å². The van der Waals surface area contributed by atoms with Gasteiger partial charge < -0.3 is 10.6 Å². The van der Waals surface area contributed by atoms with Crippen LogP contribution in [0.5, 0.6) is 0 Å². The van der Waals surface area contributed by atoms with Gasteiger partial charge in [0.25, 0.3) is 5.91 Å². The summed E-state index contributed by atoms with van der Waals surface area (Å²) in [5.41, 5.74) is 1.07. The van der Waals surface area contributed by atoms with E-state index in [1.807, 2.05) is 29.1 Å². The van der Waals surface area contributed by atoms with Gasteiger partial charge in [0.2, 0.25) is 5.91 Å². The van der Waals surface area contributed by atoms with Crippen LogP contribution in [0.15, 0.2) is 41.6 Å². The molecule has 2 amide bonds. The van der Waals surface area contributed by atoms with Crippen molar-refractivity contribution in [3.8, 4) is 0 Å². The van der Waals surface area contributed by atoms with Crippen molar-refractivity contribution in [1.82, 2.24) is 15.1 Å². The van der Waals surface area contributed by atoms with E-state index in [9.17, 15) is 9.59 Å². The van der Waals surface area contributed by atoms with E-state index in [-0.39, 0.29) is 23.4 Å². The molecule has 3 rings (SSSR count). The van der Waals surface area contributed by atoms with Crippen molar-refractivity contribution < 1.29 is 9.59 Å². The van der Waals surface area contributed by atoms with Crippen LogP contribution in [0, 0.1) is 0 Å². The fraction of sp³-hybridized carbons (Fsp3) is 0.542. The normalized spacial score (nSPS) is 15.7. The molecule has 31 heavy (non-hydrogen) atoms. The summed E-state index contributed by atoms with van der Waals surface area (Å²) < 4.78 is 1.82. The van der Waals surface area contributed by atoms with Crippen molar-refractivity contribution in [2.24, 2.45) is 0 Å². The van der Waals surface area contributed by atoms with Gasteiger partial charge in [0.15, 0.2) is 0 Å². The number of amides is 2. The summed E-state index contributed by atoms with van der Waals surface area (Å²) in [5.74, 6) is 0.150. The molecule has 1 aromatic heterocycles. The molecule has 1 saturated carbocycles. The van der Waals surface area contributed by atoms with Gasteiger partial charge >= 0.3 is 0 Å². The number of rotatable bonds is 6. The Balaban J connectivity index is 1.57. The quantitative estimate of drug-likeness (QED) is 0.602. The Hall–Kier alpha value is -2.28. The average molecular weight is 443 g/mol. The van der Waals surface area contributed by atoms with Crippen molar-refractivity contribution >= 4 is 29.3 Å². The van der Waals surface area contributed by atoms with Gasteiger partial charge in [0.05, 0.1) is 28.7 Å². The summed E-state index contributed by atoms with van der Waals surface area (Å²) in [6.45, 7) is 6.16. The molecule has 0 aliphatic heterocycles. The number of anilines is 1. The van der Waals surface area contributed by atoms with E-state index in [1.54, 1.807) is 12.3 Å². The average Bonchev–Trinajstić information content (AvgIpc) is 3.17. The number of nitrogens with zero attached hydrogens (tertiary/aromatic N) is 2. The van der Waals surface area contributed by atoms with Crippen molar-refractivity contribution in [1.29, 1.82) is 0 Å². The molecular weight excluding hydrogens is 408 g/mol. The second-order valence-electron chi connectivity index (χ2n) is 9.19. The lowest BCUT2D eigenvalue weighted by Crippen LogP contribution is -2.36. The maximum absolute atomic E-state index is 12.9. The molecule has 0 spiro atoms. The first-order valence-electron chi connectivity index (χ1n) is 11.2. The molecule has 0 saturated heterocycles. The molecule has 0 atom stereocenters. The van der Waals surface area contributed by atoms with Crippen LogP contribution in [-0.2, 0) is 10.3 Å². The van der Waals surface area contributed by atoms with Crippen LogP contribution in [0.4, 0.5) is 5.69 Å². The van der Waals surface area contributed by atoms with Crippen LogP contribution in [0.2, 0.25) is 0 Å². The van der Waals surface area contributed by atoms with E-state index in [2.05, 4.69) is 36.5 Å². The fourth-order valence-electron chi connectivity index (χ4n) is 3.75. The summed E-state index contributed by atoms with van der Waals surface area (Å²) in [4.78, 5) is 26.2. The zero-order chi connectivity index (χ0) is 22.3. The van der Waals surface area contributed by atoms with Gasteiger partial charge in [-0.2, -0.15) is 5.10 Å². The number of aromatic nitrogens is 2. The van der Waals surface area contributed by atoms with Gasteiger partial charge in [0, 0.05) is 17.1 Å². The van der Waals surface area contributed by atoms with Crippen LogP contribution < -0.4 is 10.6 Å². The largest absolute Gasteiger partial charge is 0.353 e. The molecule has 1 aromatic carbocycles. The van der Waals surface area contributed by atoms with E-state index >= 15 is 0 Å². The van der Waals surface area contributed by atoms with E-state index in [1.165, 1.54) is 43.9 Å². The Morgan fingerprint density at radius 2 is 1.77 bits per heavy atom.